The number of benzene rings is 1. The van der Waals surface area contributed by atoms with Crippen LogP contribution >= 0.6 is 11.6 Å². The fourth-order valence-electron chi connectivity index (χ4n) is 1.55. The number of amides is 1. The van der Waals surface area contributed by atoms with Crippen molar-refractivity contribution in [3.8, 4) is 0 Å². The number of halogens is 1. The molecule has 1 aromatic carbocycles. The number of carbonyl (C=O) groups excluding carboxylic acids is 1. The van der Waals surface area contributed by atoms with Gasteiger partial charge in [0.25, 0.3) is 5.91 Å². The third-order valence-corrected chi connectivity index (χ3v) is 3.13. The number of unbranched alkanes of at least 4 members (excludes halogenated alkanes) is 1. The Morgan fingerprint density at radius 2 is 2.05 bits per heavy atom. The molecule has 1 aromatic rings. The van der Waals surface area contributed by atoms with E-state index in [9.17, 15) is 9.90 Å². The van der Waals surface area contributed by atoms with Crippen molar-refractivity contribution in [2.75, 3.05) is 0 Å². The Labute approximate surface area is 124 Å². The summed E-state index contributed by atoms with van der Waals surface area (Å²) in [6.45, 7) is 4.91. The number of hydrazone groups is 1. The molecule has 1 amide bonds. The van der Waals surface area contributed by atoms with Gasteiger partial charge in [0.1, 0.15) is 5.60 Å². The van der Waals surface area contributed by atoms with E-state index in [4.69, 9.17) is 11.6 Å². The van der Waals surface area contributed by atoms with Crippen molar-refractivity contribution >= 4 is 23.2 Å². The first kappa shape index (κ1) is 16.7. The summed E-state index contributed by atoms with van der Waals surface area (Å²) in [6, 6.07) is 7.38. The van der Waals surface area contributed by atoms with Gasteiger partial charge < -0.3 is 5.11 Å². The molecule has 0 atom stereocenters. The predicted octanol–water partition coefficient (Wildman–Crippen LogP) is 3.12. The highest BCUT2D eigenvalue weighted by Gasteiger charge is 2.23. The second-order valence-corrected chi connectivity index (χ2v) is 5.55. The van der Waals surface area contributed by atoms with Gasteiger partial charge in [0.15, 0.2) is 0 Å². The Bertz CT molecular complexity index is 493. The Kier molecular flexibility index (Phi) is 6.17. The number of carbonyl (C=O) groups is 1. The van der Waals surface area contributed by atoms with E-state index >= 15 is 0 Å². The lowest BCUT2D eigenvalue weighted by Gasteiger charge is -2.15. The van der Waals surface area contributed by atoms with Gasteiger partial charge in [0.2, 0.25) is 0 Å². The zero-order valence-electron chi connectivity index (χ0n) is 12.1. The molecule has 0 aromatic heterocycles. The average molecular weight is 297 g/mol. The molecule has 0 fully saturated rings. The van der Waals surface area contributed by atoms with Crippen molar-refractivity contribution in [2.24, 2.45) is 5.10 Å². The van der Waals surface area contributed by atoms with Crippen LogP contribution in [0.5, 0.6) is 0 Å². The third-order valence-electron chi connectivity index (χ3n) is 2.80. The molecule has 20 heavy (non-hydrogen) atoms. The molecule has 0 spiro atoms. The third kappa shape index (κ3) is 4.94. The van der Waals surface area contributed by atoms with E-state index in [1.54, 1.807) is 6.07 Å². The van der Waals surface area contributed by atoms with E-state index in [2.05, 4.69) is 17.5 Å². The van der Waals surface area contributed by atoms with Gasteiger partial charge in [0, 0.05) is 10.6 Å². The number of nitrogens with one attached hydrogen (secondary N) is 1. The van der Waals surface area contributed by atoms with Gasteiger partial charge in [-0.25, -0.2) is 5.43 Å². The Balaban J connectivity index is 2.95. The van der Waals surface area contributed by atoms with Gasteiger partial charge in [0.05, 0.1) is 5.71 Å². The van der Waals surface area contributed by atoms with Crippen LogP contribution in [0.15, 0.2) is 29.4 Å². The second-order valence-electron chi connectivity index (χ2n) is 5.14. The Morgan fingerprint density at radius 3 is 2.60 bits per heavy atom. The van der Waals surface area contributed by atoms with Crippen molar-refractivity contribution in [3.05, 3.63) is 34.9 Å². The van der Waals surface area contributed by atoms with Gasteiger partial charge in [-0.05, 0) is 32.8 Å². The molecule has 0 aliphatic heterocycles. The molecule has 2 N–H and O–H groups in total. The molecule has 0 bridgehead atoms. The molecule has 1 rings (SSSR count). The molecule has 0 heterocycles. The van der Waals surface area contributed by atoms with Crippen molar-refractivity contribution < 1.29 is 9.90 Å². The normalized spacial score (nSPS) is 12.3. The highest BCUT2D eigenvalue weighted by Crippen LogP contribution is 2.18. The summed E-state index contributed by atoms with van der Waals surface area (Å²) in [5.41, 5.74) is 2.46. The monoisotopic (exact) mass is 296 g/mol. The first-order valence-corrected chi connectivity index (χ1v) is 7.08. The first-order valence-electron chi connectivity index (χ1n) is 6.70. The molecule has 4 nitrogen and oxygen atoms in total. The van der Waals surface area contributed by atoms with Crippen LogP contribution in [0.4, 0.5) is 0 Å². The van der Waals surface area contributed by atoms with Crippen LogP contribution in [-0.2, 0) is 4.79 Å². The predicted molar refractivity (Wildman–Crippen MR) is 82.0 cm³/mol. The molecule has 0 aliphatic rings. The van der Waals surface area contributed by atoms with Crippen LogP contribution in [0.1, 0.15) is 45.6 Å². The van der Waals surface area contributed by atoms with E-state index < -0.39 is 11.5 Å². The molecular weight excluding hydrogens is 276 g/mol. The smallest absolute Gasteiger partial charge is 0.271 e. The number of aliphatic hydroxyl groups is 1. The minimum absolute atomic E-state index is 0.543. The molecule has 0 radical (unpaired) electrons. The summed E-state index contributed by atoms with van der Waals surface area (Å²) in [4.78, 5) is 11.7. The number of hydrogen-bond donors (Lipinski definition) is 2. The lowest BCUT2D eigenvalue weighted by atomic mass is 10.0. The molecule has 0 unspecified atom stereocenters. The van der Waals surface area contributed by atoms with E-state index in [0.29, 0.717) is 11.4 Å². The minimum atomic E-state index is -1.46. The Morgan fingerprint density at radius 1 is 1.40 bits per heavy atom. The molecule has 0 aliphatic carbocycles. The summed E-state index contributed by atoms with van der Waals surface area (Å²) in [5, 5.41) is 14.3. The lowest BCUT2D eigenvalue weighted by Crippen LogP contribution is -2.40. The fraction of sp³-hybridized carbons (Fsp3) is 0.467. The van der Waals surface area contributed by atoms with Gasteiger partial charge in [-0.15, -0.1) is 0 Å². The summed E-state index contributed by atoms with van der Waals surface area (Å²) in [6.07, 6.45) is 2.68. The van der Waals surface area contributed by atoms with E-state index in [-0.39, 0.29) is 0 Å². The number of rotatable bonds is 6. The number of hydrogen-bond acceptors (Lipinski definition) is 3. The van der Waals surface area contributed by atoms with Gasteiger partial charge >= 0.3 is 0 Å². The highest BCUT2D eigenvalue weighted by atomic mass is 35.5. The van der Waals surface area contributed by atoms with Gasteiger partial charge in [-0.2, -0.15) is 5.10 Å². The zero-order valence-corrected chi connectivity index (χ0v) is 12.9. The second kappa shape index (κ2) is 7.41. The fourth-order valence-corrected chi connectivity index (χ4v) is 1.79. The lowest BCUT2D eigenvalue weighted by molar-refractivity contribution is -0.136. The maximum absolute atomic E-state index is 11.7. The summed E-state index contributed by atoms with van der Waals surface area (Å²) in [5.74, 6) is -0.543. The van der Waals surface area contributed by atoms with Crippen molar-refractivity contribution in [1.82, 2.24) is 5.43 Å². The Hall–Kier alpha value is -1.39. The van der Waals surface area contributed by atoms with Gasteiger partial charge in [-0.1, -0.05) is 43.1 Å². The van der Waals surface area contributed by atoms with Crippen molar-refractivity contribution in [3.63, 3.8) is 0 Å². The van der Waals surface area contributed by atoms with Crippen LogP contribution in [0, 0.1) is 0 Å². The van der Waals surface area contributed by atoms with Crippen LogP contribution in [0.3, 0.4) is 0 Å². The highest BCUT2D eigenvalue weighted by molar-refractivity contribution is 6.34. The maximum Gasteiger partial charge on any atom is 0.271 e. The number of nitrogens with zero attached hydrogens (tertiary/aromatic N) is 1. The molecule has 0 saturated heterocycles. The largest absolute Gasteiger partial charge is 0.381 e. The quantitative estimate of drug-likeness (QED) is 0.626. The topological polar surface area (TPSA) is 61.7 Å². The van der Waals surface area contributed by atoms with Crippen LogP contribution in [-0.4, -0.2) is 22.3 Å². The van der Waals surface area contributed by atoms with Crippen LogP contribution in [0.2, 0.25) is 5.02 Å². The first-order chi connectivity index (χ1) is 9.36. The average Bonchev–Trinajstić information content (AvgIpc) is 2.38. The standard InChI is InChI=1S/C15H21ClN2O2/c1-4-5-10-13(11-8-6-7-9-12(11)16)17-18-14(19)15(2,3)20/h6-9,20H,4-5,10H2,1-3H3,(H,18,19)/b17-13+. The van der Waals surface area contributed by atoms with E-state index in [1.807, 2.05) is 18.2 Å². The summed E-state index contributed by atoms with van der Waals surface area (Å²) >= 11 is 6.16. The summed E-state index contributed by atoms with van der Waals surface area (Å²) in [7, 11) is 0. The van der Waals surface area contributed by atoms with E-state index in [0.717, 1.165) is 24.1 Å². The SMILES string of the molecule is CCCC/C(=N\NC(=O)C(C)(C)O)c1ccccc1Cl. The van der Waals surface area contributed by atoms with Gasteiger partial charge in [-0.3, -0.25) is 4.79 Å². The summed E-state index contributed by atoms with van der Waals surface area (Å²) < 4.78 is 0. The maximum atomic E-state index is 11.7. The van der Waals surface area contributed by atoms with Crippen LogP contribution < -0.4 is 5.43 Å². The molecule has 110 valence electrons. The minimum Gasteiger partial charge on any atom is -0.381 e. The molecule has 0 saturated carbocycles. The van der Waals surface area contributed by atoms with E-state index in [1.165, 1.54) is 13.8 Å². The molecule has 5 heteroatoms. The van der Waals surface area contributed by atoms with Crippen LogP contribution in [0.25, 0.3) is 0 Å². The van der Waals surface area contributed by atoms with Crippen molar-refractivity contribution in [1.29, 1.82) is 0 Å². The zero-order chi connectivity index (χ0) is 15.2. The van der Waals surface area contributed by atoms with Crippen molar-refractivity contribution in [2.45, 2.75) is 45.6 Å². The molecular formula is C15H21ClN2O2.